The molecule has 0 aromatic carbocycles. The van der Waals surface area contributed by atoms with Gasteiger partial charge in [-0.2, -0.15) is 0 Å². The van der Waals surface area contributed by atoms with Crippen LogP contribution in [-0.2, 0) is 48.1 Å². The van der Waals surface area contributed by atoms with Crippen molar-refractivity contribution < 1.29 is 53.2 Å². The molecule has 0 aromatic rings. The Hall–Kier alpha value is 4.44. The molecule has 3 aliphatic rings. The van der Waals surface area contributed by atoms with Crippen LogP contribution in [0, 0.1) is 0 Å². The number of carbonyl (C=O) groups excluding carboxylic acids is 1. The standard InChI is InChI=1S/C20H37O2P.C2H4O2.3K.HO2P.2O.Pd/c1-17(21)22-23(18-11-5-2-6-12-18,19-13-7-3-8-14-19)20-15-9-4-10-16-20;1-2(3)4;;;;1-3-2;;;/h18-20,23H,2-16H2,1H3;1H3,(H,3,4);;;;3H;;;. The van der Waals surface area contributed by atoms with Crippen molar-refractivity contribution in [2.45, 2.75) is 127 Å². The van der Waals surface area contributed by atoms with Gasteiger partial charge in [0.2, 0.25) is 0 Å². The Morgan fingerprint density at radius 2 is 0.889 bits per heavy atom. The van der Waals surface area contributed by atoms with Gasteiger partial charge < -0.3 is 5.11 Å². The van der Waals surface area contributed by atoms with E-state index >= 15 is 0 Å². The SMILES string of the molecule is CC(=O)O.CC(=O)O[PH](C1CCCCC1)(C1CCCCC1)C1CCCCC1.O=[PH]=O.[K].[K].[K].[O]=[Pd]=[O]. The van der Waals surface area contributed by atoms with Gasteiger partial charge in [0.1, 0.15) is 0 Å². The van der Waals surface area contributed by atoms with Gasteiger partial charge in [-0.05, 0) is 0 Å². The number of rotatable bonds is 4. The zero-order chi connectivity index (χ0) is 25.1. The van der Waals surface area contributed by atoms with E-state index in [0.29, 0.717) is 0 Å². The summed E-state index contributed by atoms with van der Waals surface area (Å²) in [7, 11) is -3.42. The number of aliphatic carboxylic acids is 1. The summed E-state index contributed by atoms with van der Waals surface area (Å²) >= 11 is -1.55. The van der Waals surface area contributed by atoms with Gasteiger partial charge >= 0.3 is 176 Å². The molecule has 36 heavy (non-hydrogen) atoms. The molecule has 0 atom stereocenters. The second kappa shape index (κ2) is 30.9. The molecule has 0 spiro atoms. The van der Waals surface area contributed by atoms with Crippen molar-refractivity contribution in [1.29, 1.82) is 0 Å². The van der Waals surface area contributed by atoms with Crippen LogP contribution >= 0.6 is 15.8 Å². The van der Waals surface area contributed by atoms with Gasteiger partial charge in [-0.3, -0.25) is 4.79 Å². The van der Waals surface area contributed by atoms with Crippen molar-refractivity contribution in [1.82, 2.24) is 0 Å². The van der Waals surface area contributed by atoms with Crippen LogP contribution in [0.3, 0.4) is 0 Å². The molecule has 201 valence electrons. The van der Waals surface area contributed by atoms with Crippen molar-refractivity contribution in [2.24, 2.45) is 0 Å². The maximum absolute atomic E-state index is 12.2. The van der Waals surface area contributed by atoms with Crippen molar-refractivity contribution in [3.63, 3.8) is 0 Å². The summed E-state index contributed by atoms with van der Waals surface area (Å²) in [6, 6.07) is 0. The van der Waals surface area contributed by atoms with Crippen LogP contribution in [0.2, 0.25) is 0 Å². The van der Waals surface area contributed by atoms with Gasteiger partial charge in [-0.1, -0.05) is 0 Å². The third-order valence-electron chi connectivity index (χ3n) is 7.05. The Morgan fingerprint density at radius 1 is 0.694 bits per heavy atom. The van der Waals surface area contributed by atoms with E-state index in [4.69, 9.17) is 30.5 Å². The average Bonchev–Trinajstić information content (AvgIpc) is 2.80. The fraction of sp³-hybridized carbons (Fsp3) is 0.909. The molecule has 3 aliphatic carbocycles. The molecule has 3 saturated carbocycles. The van der Waals surface area contributed by atoms with E-state index in [9.17, 15) is 4.79 Å². The average molecular weight is 720 g/mol. The number of carbonyl (C=O) groups is 2. The summed E-state index contributed by atoms with van der Waals surface area (Å²) in [5.74, 6) is -0.793. The van der Waals surface area contributed by atoms with Crippen LogP contribution in [0.5, 0.6) is 0 Å². The minimum atomic E-state index is -2.01. The fourth-order valence-electron chi connectivity index (χ4n) is 6.16. The van der Waals surface area contributed by atoms with Gasteiger partial charge in [0, 0.05) is 161 Å². The van der Waals surface area contributed by atoms with Crippen molar-refractivity contribution >= 4 is 182 Å². The molecule has 1 N–H and O–H groups in total. The van der Waals surface area contributed by atoms with Crippen LogP contribution in [0.4, 0.5) is 0 Å². The van der Waals surface area contributed by atoms with Crippen molar-refractivity contribution in [2.75, 3.05) is 0 Å². The number of hydrogen-bond donors (Lipinski definition) is 1. The van der Waals surface area contributed by atoms with E-state index < -0.39 is 39.7 Å². The Kier molecular flexibility index (Phi) is 40.6. The zero-order valence-electron chi connectivity index (χ0n) is 23.0. The van der Waals surface area contributed by atoms with Gasteiger partial charge in [0.15, 0.2) is 0 Å². The molecule has 14 heteroatoms. The predicted molar refractivity (Wildman–Crippen MR) is 142 cm³/mol. The number of carboxylic acid groups (broad SMARTS) is 1. The molecule has 0 aliphatic heterocycles. The number of hydrogen-bond acceptors (Lipinski definition) is 7. The molecule has 0 saturated heterocycles. The second-order valence-electron chi connectivity index (χ2n) is 9.11. The van der Waals surface area contributed by atoms with E-state index in [1.54, 1.807) is 6.92 Å². The first-order valence-electron chi connectivity index (χ1n) is 12.0. The molecule has 0 bridgehead atoms. The van der Waals surface area contributed by atoms with E-state index in [1.165, 1.54) is 96.3 Å². The second-order valence-corrected chi connectivity index (χ2v) is 13.9. The van der Waals surface area contributed by atoms with Crippen molar-refractivity contribution in [3.8, 4) is 0 Å². The molecule has 3 fully saturated rings. The van der Waals surface area contributed by atoms with Crippen LogP contribution in [-0.4, -0.2) is 188 Å². The molecule has 0 aromatic heterocycles. The Bertz CT molecular complexity index is 584. The summed E-state index contributed by atoms with van der Waals surface area (Å²) in [5, 5.41) is 7.42. The molecule has 0 amide bonds. The third kappa shape index (κ3) is 20.4. The van der Waals surface area contributed by atoms with Crippen molar-refractivity contribution in [3.05, 3.63) is 0 Å². The Labute approximate surface area is 354 Å². The Balaban J connectivity index is -0.000000342. The minimum absolute atomic E-state index is 0. The van der Waals surface area contributed by atoms with Gasteiger partial charge in [-0.25, -0.2) is 9.13 Å². The topological polar surface area (TPSA) is 132 Å². The Morgan fingerprint density at radius 3 is 1.06 bits per heavy atom. The van der Waals surface area contributed by atoms with E-state index in [0.717, 1.165) is 23.9 Å². The summed E-state index contributed by atoms with van der Waals surface area (Å²) in [5.41, 5.74) is 2.31. The molecular weight excluding hydrogens is 678 g/mol. The van der Waals surface area contributed by atoms with Gasteiger partial charge in [0.25, 0.3) is 5.97 Å². The first-order chi connectivity index (χ1) is 15.8. The summed E-state index contributed by atoms with van der Waals surface area (Å²) in [6.07, 6.45) is 20.6. The van der Waals surface area contributed by atoms with Crippen LogP contribution in [0.25, 0.3) is 0 Å². The quantitative estimate of drug-likeness (QED) is 0.307. The predicted octanol–water partition coefficient (Wildman–Crippen LogP) is 5.28. The summed E-state index contributed by atoms with van der Waals surface area (Å²) in [4.78, 5) is 21.2. The van der Waals surface area contributed by atoms with Crippen LogP contribution in [0.1, 0.15) is 110 Å². The first-order valence-corrected chi connectivity index (χ1v) is 16.2. The van der Waals surface area contributed by atoms with Crippen LogP contribution < -0.4 is 0 Å². The molecule has 3 radical (unpaired) electrons. The molecule has 0 unspecified atom stereocenters. The summed E-state index contributed by atoms with van der Waals surface area (Å²) < 4.78 is 40.2. The normalized spacial score (nSPS) is 18.7. The first kappa shape index (κ1) is 47.4. The van der Waals surface area contributed by atoms with E-state index in [2.05, 4.69) is 0 Å². The molecule has 0 heterocycles. The monoisotopic (exact) mass is 719 g/mol. The van der Waals surface area contributed by atoms with E-state index in [-0.39, 0.29) is 160 Å². The maximum atomic E-state index is 12.2. The van der Waals surface area contributed by atoms with Gasteiger partial charge in [-0.15, -0.1) is 0 Å². The van der Waals surface area contributed by atoms with E-state index in [1.807, 2.05) is 0 Å². The summed E-state index contributed by atoms with van der Waals surface area (Å²) in [6.45, 7) is 2.77. The number of carboxylic acids is 1. The zero-order valence-corrected chi connectivity index (χ0v) is 35.9. The molecule has 3 rings (SSSR count). The van der Waals surface area contributed by atoms with Gasteiger partial charge in [0.05, 0.1) is 0 Å². The van der Waals surface area contributed by atoms with Crippen LogP contribution in [0.15, 0.2) is 0 Å². The molecular formula is C22H42K3O8P2Pd. The molecule has 8 nitrogen and oxygen atoms in total. The fourth-order valence-corrected chi connectivity index (χ4v) is 13.1. The third-order valence-corrected chi connectivity index (χ3v) is 13.3.